The average Bonchev–Trinajstić information content (AvgIpc) is 2.07. The van der Waals surface area contributed by atoms with Crippen LogP contribution in [-0.2, 0) is 9.53 Å². The van der Waals surface area contributed by atoms with Gasteiger partial charge in [-0.3, -0.25) is 4.79 Å². The monoisotopic (exact) mass is 215 g/mol. The van der Waals surface area contributed by atoms with E-state index in [0.29, 0.717) is 13.0 Å². The predicted octanol–water partition coefficient (Wildman–Crippen LogP) is 2.35. The first kappa shape index (κ1) is 14.4. The van der Waals surface area contributed by atoms with E-state index in [-0.39, 0.29) is 17.4 Å². The number of amides is 1. The van der Waals surface area contributed by atoms with Crippen molar-refractivity contribution in [2.45, 2.75) is 53.6 Å². The molecule has 15 heavy (non-hydrogen) atoms. The number of ether oxygens (including phenoxy) is 1. The Labute approximate surface area is 93.6 Å². The number of hydrogen-bond donors (Lipinski definition) is 1. The molecule has 0 aromatic carbocycles. The highest BCUT2D eigenvalue weighted by Gasteiger charge is 2.11. The molecule has 0 radical (unpaired) electrons. The summed E-state index contributed by atoms with van der Waals surface area (Å²) in [5.74, 6) is 0.122. The van der Waals surface area contributed by atoms with E-state index in [1.165, 1.54) is 0 Å². The van der Waals surface area contributed by atoms with E-state index >= 15 is 0 Å². The molecule has 3 heteroatoms. The van der Waals surface area contributed by atoms with E-state index in [0.717, 1.165) is 13.0 Å². The third-order valence-electron chi connectivity index (χ3n) is 1.82. The Kier molecular flexibility index (Phi) is 6.57. The minimum Gasteiger partial charge on any atom is -0.379 e. The molecule has 0 bridgehead atoms. The van der Waals surface area contributed by atoms with E-state index in [9.17, 15) is 4.79 Å². The molecule has 3 nitrogen and oxygen atoms in total. The summed E-state index contributed by atoms with van der Waals surface area (Å²) < 4.78 is 5.36. The van der Waals surface area contributed by atoms with Gasteiger partial charge in [-0.25, -0.2) is 0 Å². The molecule has 0 saturated heterocycles. The van der Waals surface area contributed by atoms with Crippen molar-refractivity contribution in [3.8, 4) is 0 Å². The Balaban J connectivity index is 3.42. The molecule has 0 rings (SSSR count). The summed E-state index contributed by atoms with van der Waals surface area (Å²) in [5.41, 5.74) is 0.157. The molecule has 1 amide bonds. The summed E-state index contributed by atoms with van der Waals surface area (Å²) in [6.07, 6.45) is 1.61. The molecule has 0 aromatic rings. The van der Waals surface area contributed by atoms with Crippen molar-refractivity contribution < 1.29 is 9.53 Å². The van der Waals surface area contributed by atoms with Crippen LogP contribution in [0, 0.1) is 5.41 Å². The van der Waals surface area contributed by atoms with Crippen LogP contribution in [0.25, 0.3) is 0 Å². The lowest BCUT2D eigenvalue weighted by molar-refractivity contribution is -0.121. The summed E-state index contributed by atoms with van der Waals surface area (Å²) in [5, 5.41) is 2.92. The van der Waals surface area contributed by atoms with E-state index in [2.05, 4.69) is 26.1 Å². The van der Waals surface area contributed by atoms with Gasteiger partial charge in [0.05, 0.1) is 6.10 Å². The first-order chi connectivity index (χ1) is 6.81. The molecule has 0 aliphatic rings. The molecule has 0 spiro atoms. The quantitative estimate of drug-likeness (QED) is 0.691. The second-order valence-electron chi connectivity index (χ2n) is 5.36. The molecule has 0 aliphatic heterocycles. The average molecular weight is 215 g/mol. The van der Waals surface area contributed by atoms with Crippen molar-refractivity contribution in [3.05, 3.63) is 0 Å². The van der Waals surface area contributed by atoms with E-state index in [1.54, 1.807) is 0 Å². The Bertz CT molecular complexity index is 183. The van der Waals surface area contributed by atoms with Crippen molar-refractivity contribution in [1.29, 1.82) is 0 Å². The highest BCUT2D eigenvalue weighted by Crippen LogP contribution is 2.10. The highest BCUT2D eigenvalue weighted by atomic mass is 16.5. The van der Waals surface area contributed by atoms with Gasteiger partial charge in [-0.2, -0.15) is 0 Å². The van der Waals surface area contributed by atoms with Gasteiger partial charge >= 0.3 is 0 Å². The smallest absolute Gasteiger partial charge is 0.220 e. The van der Waals surface area contributed by atoms with Crippen LogP contribution in [0.4, 0.5) is 0 Å². The number of carbonyl (C=O) groups excluding carboxylic acids is 1. The summed E-state index contributed by atoms with van der Waals surface area (Å²) in [6, 6.07) is 0. The molecule has 0 aromatic heterocycles. The molecular weight excluding hydrogens is 190 g/mol. The largest absolute Gasteiger partial charge is 0.379 e. The Morgan fingerprint density at radius 1 is 1.33 bits per heavy atom. The summed E-state index contributed by atoms with van der Waals surface area (Å²) in [7, 11) is 0. The number of nitrogens with one attached hydrogen (secondary N) is 1. The lowest BCUT2D eigenvalue weighted by atomic mass is 9.97. The van der Waals surface area contributed by atoms with Crippen molar-refractivity contribution in [2.75, 3.05) is 13.2 Å². The van der Waals surface area contributed by atoms with E-state index in [4.69, 9.17) is 4.74 Å². The van der Waals surface area contributed by atoms with Gasteiger partial charge in [0.15, 0.2) is 0 Å². The predicted molar refractivity (Wildman–Crippen MR) is 62.8 cm³/mol. The summed E-state index contributed by atoms with van der Waals surface area (Å²) in [6.45, 7) is 11.7. The van der Waals surface area contributed by atoms with Gasteiger partial charge in [0.2, 0.25) is 5.91 Å². The maximum absolute atomic E-state index is 11.4. The fraction of sp³-hybridized carbons (Fsp3) is 0.917. The normalized spacial score (nSPS) is 11.9. The molecule has 0 saturated carbocycles. The zero-order chi connectivity index (χ0) is 11.9. The highest BCUT2D eigenvalue weighted by molar-refractivity contribution is 5.75. The Morgan fingerprint density at radius 3 is 2.40 bits per heavy atom. The number of rotatable bonds is 6. The number of carbonyl (C=O) groups is 1. The minimum atomic E-state index is 0.122. The van der Waals surface area contributed by atoms with Crippen LogP contribution in [0.1, 0.15) is 47.5 Å². The minimum absolute atomic E-state index is 0.122. The second-order valence-corrected chi connectivity index (χ2v) is 5.36. The molecule has 0 unspecified atom stereocenters. The van der Waals surface area contributed by atoms with Gasteiger partial charge in [0.1, 0.15) is 0 Å². The Morgan fingerprint density at radius 2 is 1.93 bits per heavy atom. The molecule has 90 valence electrons. The van der Waals surface area contributed by atoms with E-state index in [1.807, 2.05) is 13.8 Å². The third-order valence-corrected chi connectivity index (χ3v) is 1.82. The van der Waals surface area contributed by atoms with Crippen molar-refractivity contribution in [3.63, 3.8) is 0 Å². The van der Waals surface area contributed by atoms with Gasteiger partial charge < -0.3 is 10.1 Å². The maximum Gasteiger partial charge on any atom is 0.220 e. The third kappa shape index (κ3) is 11.4. The van der Waals surface area contributed by atoms with Crippen LogP contribution in [0.15, 0.2) is 0 Å². The SMILES string of the molecule is CC(C)OCCCC(=O)NCC(C)(C)C. The van der Waals surface area contributed by atoms with Gasteiger partial charge in [0.25, 0.3) is 0 Å². The first-order valence-electron chi connectivity index (χ1n) is 5.69. The molecule has 0 aliphatic carbocycles. The number of hydrogen-bond acceptors (Lipinski definition) is 2. The molecule has 0 atom stereocenters. The van der Waals surface area contributed by atoms with Gasteiger partial charge in [-0.15, -0.1) is 0 Å². The molecule has 0 fully saturated rings. The zero-order valence-electron chi connectivity index (χ0n) is 10.7. The van der Waals surface area contributed by atoms with Crippen molar-refractivity contribution in [1.82, 2.24) is 5.32 Å². The standard InChI is InChI=1S/C12H25NO2/c1-10(2)15-8-6-7-11(14)13-9-12(3,4)5/h10H,6-9H2,1-5H3,(H,13,14). The fourth-order valence-electron chi connectivity index (χ4n) is 1.00. The summed E-state index contributed by atoms with van der Waals surface area (Å²) >= 11 is 0. The van der Waals surface area contributed by atoms with Crippen LogP contribution >= 0.6 is 0 Å². The molecular formula is C12H25NO2. The van der Waals surface area contributed by atoms with Crippen LogP contribution in [0.3, 0.4) is 0 Å². The van der Waals surface area contributed by atoms with Gasteiger partial charge in [-0.1, -0.05) is 20.8 Å². The Hall–Kier alpha value is -0.570. The van der Waals surface area contributed by atoms with Crippen molar-refractivity contribution in [2.24, 2.45) is 5.41 Å². The zero-order valence-corrected chi connectivity index (χ0v) is 10.7. The fourth-order valence-corrected chi connectivity index (χ4v) is 1.00. The van der Waals surface area contributed by atoms with Crippen LogP contribution in [0.2, 0.25) is 0 Å². The lowest BCUT2D eigenvalue weighted by Crippen LogP contribution is -2.32. The maximum atomic E-state index is 11.4. The lowest BCUT2D eigenvalue weighted by Gasteiger charge is -2.18. The van der Waals surface area contributed by atoms with Gasteiger partial charge in [0, 0.05) is 19.6 Å². The van der Waals surface area contributed by atoms with E-state index < -0.39 is 0 Å². The molecule has 1 N–H and O–H groups in total. The van der Waals surface area contributed by atoms with Gasteiger partial charge in [-0.05, 0) is 25.7 Å². The van der Waals surface area contributed by atoms with Crippen molar-refractivity contribution >= 4 is 5.91 Å². The topological polar surface area (TPSA) is 38.3 Å². The van der Waals surface area contributed by atoms with Crippen LogP contribution < -0.4 is 5.32 Å². The van der Waals surface area contributed by atoms with Crippen LogP contribution in [-0.4, -0.2) is 25.2 Å². The second kappa shape index (κ2) is 6.83. The van der Waals surface area contributed by atoms with Crippen LogP contribution in [0.5, 0.6) is 0 Å². The molecule has 0 heterocycles. The summed E-state index contributed by atoms with van der Waals surface area (Å²) in [4.78, 5) is 11.4. The first-order valence-corrected chi connectivity index (χ1v) is 5.69.